The van der Waals surface area contributed by atoms with Crippen LogP contribution < -0.4 is 10.6 Å². The molecule has 0 radical (unpaired) electrons. The monoisotopic (exact) mass is 326 g/mol. The first-order valence-electron chi connectivity index (χ1n) is 6.98. The first kappa shape index (κ1) is 16.3. The maximum atomic E-state index is 12.0. The molecule has 1 aromatic rings. The van der Waals surface area contributed by atoms with Gasteiger partial charge in [0.05, 0.1) is 6.42 Å². The minimum absolute atomic E-state index is 0.0439. The molecule has 120 valence electrons. The summed E-state index contributed by atoms with van der Waals surface area (Å²) in [5.74, 6) is 0.0293. The van der Waals surface area contributed by atoms with E-state index in [2.05, 4.69) is 25.8 Å². The van der Waals surface area contributed by atoms with Crippen LogP contribution in [0.4, 0.5) is 4.79 Å². The molecule has 22 heavy (non-hydrogen) atoms. The van der Waals surface area contributed by atoms with Crippen LogP contribution in [-0.2, 0) is 9.59 Å². The average Bonchev–Trinajstić information content (AvgIpc) is 3.08. The summed E-state index contributed by atoms with van der Waals surface area (Å²) in [6, 6.07) is -1.19. The Labute approximate surface area is 131 Å². The fraction of sp³-hybridized carbons (Fsp3) is 0.583. The number of rotatable bonds is 8. The molecule has 2 rings (SSSR count). The van der Waals surface area contributed by atoms with Gasteiger partial charge < -0.3 is 10.6 Å². The first-order chi connectivity index (χ1) is 10.6. The van der Waals surface area contributed by atoms with Crippen molar-refractivity contribution in [3.8, 4) is 0 Å². The summed E-state index contributed by atoms with van der Waals surface area (Å²) in [6.07, 6.45) is 2.06. The molecule has 1 fully saturated rings. The fourth-order valence-electron chi connectivity index (χ4n) is 2.01. The summed E-state index contributed by atoms with van der Waals surface area (Å²) in [5.41, 5.74) is 0. The van der Waals surface area contributed by atoms with Crippen LogP contribution in [0.2, 0.25) is 0 Å². The number of aromatic amines is 1. The van der Waals surface area contributed by atoms with Crippen molar-refractivity contribution in [2.24, 2.45) is 0 Å². The van der Waals surface area contributed by atoms with E-state index in [1.165, 1.54) is 18.1 Å². The van der Waals surface area contributed by atoms with Crippen LogP contribution in [0.15, 0.2) is 11.5 Å². The Kier molecular flexibility index (Phi) is 5.75. The van der Waals surface area contributed by atoms with E-state index in [-0.39, 0.29) is 18.2 Å². The van der Waals surface area contributed by atoms with Crippen LogP contribution >= 0.6 is 11.8 Å². The largest absolute Gasteiger partial charge is 0.355 e. The average molecular weight is 326 g/mol. The number of hydrogen-bond acceptors (Lipinski definition) is 6. The van der Waals surface area contributed by atoms with Crippen molar-refractivity contribution in [3.05, 3.63) is 6.33 Å². The maximum Gasteiger partial charge on any atom is 0.324 e. The molecule has 2 heterocycles. The smallest absolute Gasteiger partial charge is 0.324 e. The Bertz CT molecular complexity index is 535. The van der Waals surface area contributed by atoms with Gasteiger partial charge in [-0.2, -0.15) is 5.10 Å². The summed E-state index contributed by atoms with van der Waals surface area (Å²) in [5, 5.41) is 12.3. The highest BCUT2D eigenvalue weighted by molar-refractivity contribution is 7.99. The highest BCUT2D eigenvalue weighted by Crippen LogP contribution is 2.11. The fourth-order valence-corrected chi connectivity index (χ4v) is 2.65. The Morgan fingerprint density at radius 1 is 1.50 bits per heavy atom. The molecule has 3 N–H and O–H groups in total. The van der Waals surface area contributed by atoms with Crippen molar-refractivity contribution in [2.45, 2.75) is 31.0 Å². The molecule has 0 aliphatic carbocycles. The second-order valence-electron chi connectivity index (χ2n) is 4.69. The number of hydrogen-bond donors (Lipinski definition) is 3. The molecular formula is C12H18N6O3S. The Morgan fingerprint density at radius 2 is 2.32 bits per heavy atom. The summed E-state index contributed by atoms with van der Waals surface area (Å²) in [4.78, 5) is 40.5. The van der Waals surface area contributed by atoms with E-state index in [4.69, 9.17) is 0 Å². The van der Waals surface area contributed by atoms with Gasteiger partial charge in [-0.05, 0) is 6.42 Å². The summed E-state index contributed by atoms with van der Waals surface area (Å²) < 4.78 is 0. The molecule has 1 aromatic heterocycles. The molecule has 1 atom stereocenters. The lowest BCUT2D eigenvalue weighted by atomic mass is 10.2. The van der Waals surface area contributed by atoms with Crippen LogP contribution in [0.5, 0.6) is 0 Å². The lowest BCUT2D eigenvalue weighted by Crippen LogP contribution is -2.37. The van der Waals surface area contributed by atoms with Crippen molar-refractivity contribution in [1.82, 2.24) is 30.7 Å². The van der Waals surface area contributed by atoms with Crippen molar-refractivity contribution >= 4 is 29.6 Å². The van der Waals surface area contributed by atoms with E-state index in [1.807, 2.05) is 6.92 Å². The Balaban J connectivity index is 1.68. The first-order valence-corrected chi connectivity index (χ1v) is 7.97. The zero-order valence-corrected chi connectivity index (χ0v) is 13.0. The van der Waals surface area contributed by atoms with Gasteiger partial charge in [0.25, 0.3) is 5.91 Å². The topological polar surface area (TPSA) is 120 Å². The lowest BCUT2D eigenvalue weighted by Gasteiger charge is -2.11. The maximum absolute atomic E-state index is 12.0. The van der Waals surface area contributed by atoms with Crippen molar-refractivity contribution in [2.75, 3.05) is 18.8 Å². The van der Waals surface area contributed by atoms with E-state index in [0.717, 1.165) is 4.90 Å². The van der Waals surface area contributed by atoms with Gasteiger partial charge >= 0.3 is 6.03 Å². The molecule has 1 unspecified atom stereocenters. The van der Waals surface area contributed by atoms with Gasteiger partial charge in [0, 0.05) is 18.8 Å². The van der Waals surface area contributed by atoms with Gasteiger partial charge in [0.1, 0.15) is 12.4 Å². The third-order valence-electron chi connectivity index (χ3n) is 3.00. The molecule has 0 aromatic carbocycles. The van der Waals surface area contributed by atoms with Gasteiger partial charge in [-0.25, -0.2) is 9.78 Å². The molecule has 1 aliphatic heterocycles. The number of nitrogens with one attached hydrogen (secondary N) is 3. The van der Waals surface area contributed by atoms with Gasteiger partial charge in [-0.3, -0.25) is 19.6 Å². The molecule has 4 amide bonds. The van der Waals surface area contributed by atoms with E-state index in [1.54, 1.807) is 0 Å². The zero-order chi connectivity index (χ0) is 15.9. The van der Waals surface area contributed by atoms with E-state index < -0.39 is 12.1 Å². The van der Waals surface area contributed by atoms with Crippen molar-refractivity contribution in [3.63, 3.8) is 0 Å². The number of imide groups is 1. The van der Waals surface area contributed by atoms with E-state index >= 15 is 0 Å². The molecule has 10 heteroatoms. The van der Waals surface area contributed by atoms with Crippen molar-refractivity contribution < 1.29 is 14.4 Å². The lowest BCUT2D eigenvalue weighted by molar-refractivity contribution is -0.130. The predicted molar refractivity (Wildman–Crippen MR) is 79.1 cm³/mol. The Morgan fingerprint density at radius 3 is 3.00 bits per heavy atom. The Hall–Kier alpha value is -2.10. The highest BCUT2D eigenvalue weighted by Gasteiger charge is 2.38. The number of urea groups is 1. The summed E-state index contributed by atoms with van der Waals surface area (Å²) in [6.45, 7) is 2.70. The van der Waals surface area contributed by atoms with Crippen molar-refractivity contribution in [1.29, 1.82) is 0 Å². The normalized spacial score (nSPS) is 17.7. The van der Waals surface area contributed by atoms with E-state index in [9.17, 15) is 14.4 Å². The van der Waals surface area contributed by atoms with Crippen LogP contribution in [0.1, 0.15) is 19.8 Å². The van der Waals surface area contributed by atoms with Gasteiger partial charge in [0.2, 0.25) is 5.91 Å². The van der Waals surface area contributed by atoms with Gasteiger partial charge in [0.15, 0.2) is 5.16 Å². The summed E-state index contributed by atoms with van der Waals surface area (Å²) in [7, 11) is 0. The SMILES string of the molecule is CCCN1C(=O)NC(CC(=O)NCCSc2ncn[nH]2)C1=O. The molecule has 9 nitrogen and oxygen atoms in total. The highest BCUT2D eigenvalue weighted by atomic mass is 32.2. The number of carbonyl (C=O) groups excluding carboxylic acids is 3. The third-order valence-corrected chi connectivity index (χ3v) is 3.88. The zero-order valence-electron chi connectivity index (χ0n) is 12.2. The molecule has 0 bridgehead atoms. The van der Waals surface area contributed by atoms with E-state index in [0.29, 0.717) is 30.4 Å². The predicted octanol–water partition coefficient (Wildman–Crippen LogP) is -0.266. The molecule has 1 saturated heterocycles. The number of H-pyrrole nitrogens is 1. The number of aromatic nitrogens is 3. The minimum Gasteiger partial charge on any atom is -0.355 e. The van der Waals surface area contributed by atoms with Gasteiger partial charge in [-0.15, -0.1) is 0 Å². The number of thioether (sulfide) groups is 1. The second-order valence-corrected chi connectivity index (χ2v) is 5.77. The van der Waals surface area contributed by atoms with Crippen LogP contribution in [0, 0.1) is 0 Å². The number of amides is 4. The molecule has 0 saturated carbocycles. The van der Waals surface area contributed by atoms with Crippen LogP contribution in [-0.4, -0.2) is 62.8 Å². The number of nitrogens with zero attached hydrogens (tertiary/aromatic N) is 3. The molecular weight excluding hydrogens is 308 g/mol. The van der Waals surface area contributed by atoms with Crippen LogP contribution in [0.3, 0.4) is 0 Å². The minimum atomic E-state index is -0.763. The molecule has 1 aliphatic rings. The second kappa shape index (κ2) is 7.78. The van der Waals surface area contributed by atoms with Gasteiger partial charge in [-0.1, -0.05) is 18.7 Å². The summed E-state index contributed by atoms with van der Waals surface area (Å²) >= 11 is 1.43. The number of carbonyl (C=O) groups is 3. The quantitative estimate of drug-likeness (QED) is 0.344. The van der Waals surface area contributed by atoms with Crippen LogP contribution in [0.25, 0.3) is 0 Å². The standard InChI is InChI=1S/C12H18N6O3S/c1-2-4-18-10(20)8(16-12(18)21)6-9(19)13-3-5-22-11-14-7-15-17-11/h7-8H,2-6H2,1H3,(H,13,19)(H,16,21)(H,14,15,17). The molecule has 0 spiro atoms. The third kappa shape index (κ3) is 4.20.